The van der Waals surface area contributed by atoms with E-state index in [1.54, 1.807) is 0 Å². The van der Waals surface area contributed by atoms with Crippen LogP contribution in [0.25, 0.3) is 0 Å². The quantitative estimate of drug-likeness (QED) is 0.455. The molecule has 8 heteroatoms. The van der Waals surface area contributed by atoms with Crippen molar-refractivity contribution in [3.63, 3.8) is 0 Å². The van der Waals surface area contributed by atoms with Crippen molar-refractivity contribution in [2.24, 2.45) is 5.10 Å². The highest BCUT2D eigenvalue weighted by atomic mass is 35.5. The SMILES string of the molecule is CC(=NNc1nc(Nc2ccccc2)nc(N2CCCC2)n1)c1ccc(Cl)cc1. The van der Waals surface area contributed by atoms with Crippen LogP contribution in [0.4, 0.5) is 23.5 Å². The van der Waals surface area contributed by atoms with E-state index < -0.39 is 0 Å². The molecular weight excluding hydrogens is 386 g/mol. The highest BCUT2D eigenvalue weighted by Crippen LogP contribution is 2.21. The van der Waals surface area contributed by atoms with Crippen LogP contribution in [0.5, 0.6) is 0 Å². The van der Waals surface area contributed by atoms with Crippen molar-refractivity contribution in [3.8, 4) is 0 Å². The molecule has 0 atom stereocenters. The Kier molecular flexibility index (Phi) is 5.86. The summed E-state index contributed by atoms with van der Waals surface area (Å²) in [6.45, 7) is 3.81. The van der Waals surface area contributed by atoms with Gasteiger partial charge in [-0.15, -0.1) is 0 Å². The van der Waals surface area contributed by atoms with Crippen LogP contribution in [0.15, 0.2) is 59.7 Å². The molecule has 148 valence electrons. The minimum atomic E-state index is 0.397. The Morgan fingerprint density at radius 3 is 2.34 bits per heavy atom. The maximum atomic E-state index is 5.96. The smallest absolute Gasteiger partial charge is 0.250 e. The van der Waals surface area contributed by atoms with Crippen LogP contribution in [-0.2, 0) is 0 Å². The van der Waals surface area contributed by atoms with E-state index >= 15 is 0 Å². The fourth-order valence-corrected chi connectivity index (χ4v) is 3.20. The Morgan fingerprint density at radius 1 is 0.931 bits per heavy atom. The topological polar surface area (TPSA) is 78.3 Å². The predicted octanol–water partition coefficient (Wildman–Crippen LogP) is 4.70. The summed E-state index contributed by atoms with van der Waals surface area (Å²) < 4.78 is 0. The largest absolute Gasteiger partial charge is 0.341 e. The third-order valence-corrected chi connectivity index (χ3v) is 4.88. The van der Waals surface area contributed by atoms with Crippen molar-refractivity contribution in [3.05, 3.63) is 65.2 Å². The third-order valence-electron chi connectivity index (χ3n) is 4.63. The van der Waals surface area contributed by atoms with Crippen LogP contribution >= 0.6 is 11.6 Å². The molecule has 2 heterocycles. The van der Waals surface area contributed by atoms with Gasteiger partial charge in [0.05, 0.1) is 5.71 Å². The number of para-hydroxylation sites is 1. The Morgan fingerprint density at radius 2 is 1.62 bits per heavy atom. The highest BCUT2D eigenvalue weighted by Gasteiger charge is 2.17. The van der Waals surface area contributed by atoms with Gasteiger partial charge in [-0.1, -0.05) is 41.9 Å². The molecule has 2 aromatic carbocycles. The van der Waals surface area contributed by atoms with Gasteiger partial charge >= 0.3 is 0 Å². The van der Waals surface area contributed by atoms with Crippen LogP contribution in [-0.4, -0.2) is 33.8 Å². The summed E-state index contributed by atoms with van der Waals surface area (Å²) in [5, 5.41) is 8.37. The number of nitrogens with one attached hydrogen (secondary N) is 2. The first kappa shape index (κ1) is 19.1. The van der Waals surface area contributed by atoms with Crippen LogP contribution in [0.3, 0.4) is 0 Å². The fourth-order valence-electron chi connectivity index (χ4n) is 3.07. The first-order valence-electron chi connectivity index (χ1n) is 9.57. The van der Waals surface area contributed by atoms with Crippen molar-refractivity contribution in [2.75, 3.05) is 28.7 Å². The zero-order chi connectivity index (χ0) is 20.1. The minimum absolute atomic E-state index is 0.397. The van der Waals surface area contributed by atoms with Gasteiger partial charge in [0.2, 0.25) is 17.8 Å². The highest BCUT2D eigenvalue weighted by molar-refractivity contribution is 6.30. The average Bonchev–Trinajstić information content (AvgIpc) is 3.28. The maximum Gasteiger partial charge on any atom is 0.250 e. The standard InChI is InChI=1S/C21H22ClN7/c1-15(16-9-11-17(22)12-10-16)27-28-20-24-19(23-18-7-3-2-4-8-18)25-21(26-20)29-13-5-6-14-29/h2-4,7-12H,5-6,13-14H2,1H3,(H2,23,24,25,26,28). The number of benzene rings is 2. The summed E-state index contributed by atoms with van der Waals surface area (Å²) in [5.41, 5.74) is 5.67. The summed E-state index contributed by atoms with van der Waals surface area (Å²) in [5.74, 6) is 1.53. The molecule has 1 aliphatic heterocycles. The van der Waals surface area contributed by atoms with Gasteiger partial charge in [-0.25, -0.2) is 5.43 Å². The zero-order valence-corrected chi connectivity index (χ0v) is 16.9. The van der Waals surface area contributed by atoms with Gasteiger partial charge in [-0.05, 0) is 49.6 Å². The molecular formula is C21H22ClN7. The van der Waals surface area contributed by atoms with E-state index in [9.17, 15) is 0 Å². The van der Waals surface area contributed by atoms with Gasteiger partial charge < -0.3 is 10.2 Å². The lowest BCUT2D eigenvalue weighted by Crippen LogP contribution is -2.22. The zero-order valence-electron chi connectivity index (χ0n) is 16.1. The van der Waals surface area contributed by atoms with Gasteiger partial charge in [0.15, 0.2) is 0 Å². The number of anilines is 4. The fraction of sp³-hybridized carbons (Fsp3) is 0.238. The van der Waals surface area contributed by atoms with Gasteiger partial charge in [0.25, 0.3) is 0 Å². The van der Waals surface area contributed by atoms with Crippen molar-refractivity contribution >= 4 is 40.8 Å². The normalized spacial score (nSPS) is 14.1. The van der Waals surface area contributed by atoms with E-state index in [1.807, 2.05) is 61.5 Å². The Hall–Kier alpha value is -3.19. The maximum absolute atomic E-state index is 5.96. The summed E-state index contributed by atoms with van der Waals surface area (Å²) in [7, 11) is 0. The molecule has 1 saturated heterocycles. The van der Waals surface area contributed by atoms with Crippen molar-refractivity contribution in [1.29, 1.82) is 0 Å². The molecule has 7 nitrogen and oxygen atoms in total. The van der Waals surface area contributed by atoms with E-state index in [0.717, 1.165) is 42.9 Å². The molecule has 0 spiro atoms. The van der Waals surface area contributed by atoms with Crippen LogP contribution in [0.1, 0.15) is 25.3 Å². The van der Waals surface area contributed by atoms with Gasteiger partial charge in [-0.2, -0.15) is 20.1 Å². The number of hydrogen-bond donors (Lipinski definition) is 2. The minimum Gasteiger partial charge on any atom is -0.341 e. The lowest BCUT2D eigenvalue weighted by atomic mass is 10.1. The number of nitrogens with zero attached hydrogens (tertiary/aromatic N) is 5. The second kappa shape index (κ2) is 8.87. The summed E-state index contributed by atoms with van der Waals surface area (Å²) in [4.78, 5) is 15.8. The molecule has 1 fully saturated rings. The van der Waals surface area contributed by atoms with Crippen molar-refractivity contribution in [1.82, 2.24) is 15.0 Å². The van der Waals surface area contributed by atoms with Gasteiger partial charge in [0, 0.05) is 23.8 Å². The number of hydrazone groups is 1. The molecule has 0 saturated carbocycles. The van der Waals surface area contributed by atoms with Crippen LogP contribution in [0.2, 0.25) is 5.02 Å². The summed E-state index contributed by atoms with van der Waals surface area (Å²) in [6.07, 6.45) is 2.29. The van der Waals surface area contributed by atoms with Crippen molar-refractivity contribution in [2.45, 2.75) is 19.8 Å². The molecule has 0 aliphatic carbocycles. The van der Waals surface area contributed by atoms with E-state index in [4.69, 9.17) is 11.6 Å². The molecule has 1 aliphatic rings. The lowest BCUT2D eigenvalue weighted by molar-refractivity contribution is 0.882. The first-order chi connectivity index (χ1) is 14.2. The monoisotopic (exact) mass is 407 g/mol. The molecule has 0 radical (unpaired) electrons. The number of halogens is 1. The predicted molar refractivity (Wildman–Crippen MR) is 118 cm³/mol. The average molecular weight is 408 g/mol. The molecule has 0 bridgehead atoms. The number of rotatable bonds is 6. The number of aromatic nitrogens is 3. The lowest BCUT2D eigenvalue weighted by Gasteiger charge is -2.16. The molecule has 1 aromatic heterocycles. The van der Waals surface area contributed by atoms with Crippen LogP contribution < -0.4 is 15.6 Å². The summed E-state index contributed by atoms with van der Waals surface area (Å²) in [6, 6.07) is 17.4. The molecule has 2 N–H and O–H groups in total. The molecule has 0 amide bonds. The summed E-state index contributed by atoms with van der Waals surface area (Å²) >= 11 is 5.96. The van der Waals surface area contributed by atoms with E-state index in [-0.39, 0.29) is 0 Å². The van der Waals surface area contributed by atoms with E-state index in [0.29, 0.717) is 22.9 Å². The second-order valence-corrected chi connectivity index (χ2v) is 7.22. The van der Waals surface area contributed by atoms with Crippen molar-refractivity contribution < 1.29 is 0 Å². The van der Waals surface area contributed by atoms with E-state index in [1.165, 1.54) is 0 Å². The molecule has 3 aromatic rings. The Bertz CT molecular complexity index is 984. The van der Waals surface area contributed by atoms with Crippen LogP contribution in [0, 0.1) is 0 Å². The Balaban J connectivity index is 1.59. The molecule has 29 heavy (non-hydrogen) atoms. The first-order valence-corrected chi connectivity index (χ1v) is 9.94. The number of hydrogen-bond acceptors (Lipinski definition) is 7. The van der Waals surface area contributed by atoms with Gasteiger partial charge in [-0.3, -0.25) is 0 Å². The molecule has 4 rings (SSSR count). The molecule has 0 unspecified atom stereocenters. The third kappa shape index (κ3) is 5.00. The second-order valence-electron chi connectivity index (χ2n) is 6.78. The van der Waals surface area contributed by atoms with Gasteiger partial charge in [0.1, 0.15) is 0 Å². The van der Waals surface area contributed by atoms with E-state index in [2.05, 4.69) is 35.7 Å². The Labute approximate surface area is 174 Å².